The van der Waals surface area contributed by atoms with Crippen LogP contribution in [0.4, 0.5) is 0 Å². The van der Waals surface area contributed by atoms with Crippen molar-refractivity contribution in [3.63, 3.8) is 0 Å². The minimum atomic E-state index is 0.231. The summed E-state index contributed by atoms with van der Waals surface area (Å²) in [5, 5.41) is 0. The monoisotopic (exact) mass is 183 g/mol. The normalized spacial score (nSPS) is 33.0. The third-order valence-electron chi connectivity index (χ3n) is 3.22. The molecule has 0 radical (unpaired) electrons. The van der Waals surface area contributed by atoms with E-state index in [4.69, 9.17) is 5.73 Å². The third-order valence-corrected chi connectivity index (χ3v) is 3.22. The summed E-state index contributed by atoms with van der Waals surface area (Å²) < 4.78 is 0. The van der Waals surface area contributed by atoms with Crippen LogP contribution in [0.15, 0.2) is 0 Å². The van der Waals surface area contributed by atoms with Gasteiger partial charge in [0.1, 0.15) is 0 Å². The van der Waals surface area contributed by atoms with Crippen LogP contribution in [0, 0.1) is 17.8 Å². The first kappa shape index (κ1) is 11.0. The van der Waals surface area contributed by atoms with E-state index in [1.807, 2.05) is 0 Å². The van der Waals surface area contributed by atoms with E-state index < -0.39 is 0 Å². The minimum absolute atomic E-state index is 0.231. The Labute approximate surface area is 83.1 Å². The summed E-state index contributed by atoms with van der Waals surface area (Å²) in [5.74, 6) is 2.45. The van der Waals surface area contributed by atoms with Crippen LogP contribution in [-0.4, -0.2) is 5.54 Å². The van der Waals surface area contributed by atoms with Crippen LogP contribution in [0.2, 0.25) is 0 Å². The van der Waals surface area contributed by atoms with Gasteiger partial charge in [-0.25, -0.2) is 0 Å². The molecule has 0 aliphatic heterocycles. The molecule has 0 spiro atoms. The Morgan fingerprint density at radius 3 is 2.31 bits per heavy atom. The van der Waals surface area contributed by atoms with Gasteiger partial charge in [-0.05, 0) is 43.4 Å². The minimum Gasteiger partial charge on any atom is -0.325 e. The quantitative estimate of drug-likeness (QED) is 0.696. The van der Waals surface area contributed by atoms with E-state index >= 15 is 0 Å². The van der Waals surface area contributed by atoms with Crippen LogP contribution in [-0.2, 0) is 0 Å². The van der Waals surface area contributed by atoms with Gasteiger partial charge in [-0.3, -0.25) is 0 Å². The SMILES string of the molecule is CC(C)CCC1(N)CC1CC(C)C. The number of nitrogens with two attached hydrogens (primary N) is 1. The summed E-state index contributed by atoms with van der Waals surface area (Å²) in [6.45, 7) is 9.15. The van der Waals surface area contributed by atoms with Crippen molar-refractivity contribution >= 4 is 0 Å². The third kappa shape index (κ3) is 3.30. The van der Waals surface area contributed by atoms with Crippen LogP contribution in [0.1, 0.15) is 53.4 Å². The van der Waals surface area contributed by atoms with Crippen molar-refractivity contribution in [2.24, 2.45) is 23.5 Å². The first-order chi connectivity index (χ1) is 5.94. The molecule has 13 heavy (non-hydrogen) atoms. The molecule has 0 aromatic rings. The zero-order valence-electron chi connectivity index (χ0n) is 9.64. The second kappa shape index (κ2) is 4.00. The number of hydrogen-bond donors (Lipinski definition) is 1. The van der Waals surface area contributed by atoms with Crippen LogP contribution in [0.3, 0.4) is 0 Å². The van der Waals surface area contributed by atoms with Crippen molar-refractivity contribution in [3.05, 3.63) is 0 Å². The molecule has 1 nitrogen and oxygen atoms in total. The summed E-state index contributed by atoms with van der Waals surface area (Å²) in [6.07, 6.45) is 5.14. The fraction of sp³-hybridized carbons (Fsp3) is 1.00. The Kier molecular flexibility index (Phi) is 3.39. The van der Waals surface area contributed by atoms with Crippen LogP contribution < -0.4 is 5.73 Å². The standard InChI is InChI=1S/C12H25N/c1-9(2)5-6-12(13)8-11(12)7-10(3)4/h9-11H,5-8,13H2,1-4H3. The van der Waals surface area contributed by atoms with Crippen molar-refractivity contribution in [2.75, 3.05) is 0 Å². The van der Waals surface area contributed by atoms with Crippen molar-refractivity contribution in [1.82, 2.24) is 0 Å². The molecule has 2 N–H and O–H groups in total. The van der Waals surface area contributed by atoms with Crippen molar-refractivity contribution in [1.29, 1.82) is 0 Å². The number of rotatable bonds is 5. The van der Waals surface area contributed by atoms with Crippen LogP contribution in [0.5, 0.6) is 0 Å². The predicted molar refractivity (Wildman–Crippen MR) is 58.6 cm³/mol. The summed E-state index contributed by atoms with van der Waals surface area (Å²) in [5.41, 5.74) is 6.52. The highest BCUT2D eigenvalue weighted by atomic mass is 14.9. The summed E-state index contributed by atoms with van der Waals surface area (Å²) in [6, 6.07) is 0. The lowest BCUT2D eigenvalue weighted by Gasteiger charge is -2.14. The molecule has 0 bridgehead atoms. The number of hydrogen-bond acceptors (Lipinski definition) is 1. The zero-order valence-corrected chi connectivity index (χ0v) is 9.64. The van der Waals surface area contributed by atoms with Gasteiger partial charge < -0.3 is 5.73 Å². The van der Waals surface area contributed by atoms with Gasteiger partial charge in [0.15, 0.2) is 0 Å². The molecule has 0 heterocycles. The Balaban J connectivity index is 2.20. The highest BCUT2D eigenvalue weighted by molar-refractivity contribution is 5.07. The van der Waals surface area contributed by atoms with Gasteiger partial charge in [0.05, 0.1) is 0 Å². The predicted octanol–water partition coefficient (Wildman–Crippen LogP) is 3.19. The van der Waals surface area contributed by atoms with Crippen LogP contribution in [0.25, 0.3) is 0 Å². The summed E-state index contributed by atoms with van der Waals surface area (Å²) >= 11 is 0. The van der Waals surface area contributed by atoms with E-state index in [0.717, 1.165) is 17.8 Å². The molecule has 0 amide bonds. The molecule has 2 atom stereocenters. The molecule has 1 aliphatic rings. The lowest BCUT2D eigenvalue weighted by Crippen LogP contribution is -2.25. The zero-order chi connectivity index (χ0) is 10.1. The average molecular weight is 183 g/mol. The van der Waals surface area contributed by atoms with Gasteiger partial charge in [0.2, 0.25) is 0 Å². The molecule has 1 rings (SSSR count). The van der Waals surface area contributed by atoms with Gasteiger partial charge >= 0.3 is 0 Å². The largest absolute Gasteiger partial charge is 0.325 e. The van der Waals surface area contributed by atoms with Crippen molar-refractivity contribution in [3.8, 4) is 0 Å². The highest BCUT2D eigenvalue weighted by Gasteiger charge is 2.49. The molecule has 0 aromatic carbocycles. The topological polar surface area (TPSA) is 26.0 Å². The van der Waals surface area contributed by atoms with Gasteiger partial charge in [-0.1, -0.05) is 27.7 Å². The van der Waals surface area contributed by atoms with Crippen molar-refractivity contribution < 1.29 is 0 Å². The maximum atomic E-state index is 6.29. The maximum Gasteiger partial charge on any atom is 0.0187 e. The Morgan fingerprint density at radius 2 is 1.85 bits per heavy atom. The van der Waals surface area contributed by atoms with Gasteiger partial charge in [-0.2, -0.15) is 0 Å². The fourth-order valence-electron chi connectivity index (χ4n) is 2.15. The molecular weight excluding hydrogens is 158 g/mol. The maximum absolute atomic E-state index is 6.29. The van der Waals surface area contributed by atoms with E-state index in [0.29, 0.717) is 0 Å². The van der Waals surface area contributed by atoms with Gasteiger partial charge in [-0.15, -0.1) is 0 Å². The molecule has 1 aliphatic carbocycles. The van der Waals surface area contributed by atoms with E-state index in [1.165, 1.54) is 25.7 Å². The van der Waals surface area contributed by atoms with Gasteiger partial charge in [0.25, 0.3) is 0 Å². The average Bonchev–Trinajstić information content (AvgIpc) is 2.58. The Hall–Kier alpha value is -0.0400. The van der Waals surface area contributed by atoms with E-state index in [-0.39, 0.29) is 5.54 Å². The molecule has 0 saturated heterocycles. The molecule has 1 saturated carbocycles. The smallest absolute Gasteiger partial charge is 0.0187 e. The lowest BCUT2D eigenvalue weighted by molar-refractivity contribution is 0.429. The molecule has 0 aromatic heterocycles. The second-order valence-corrected chi connectivity index (χ2v) is 5.70. The second-order valence-electron chi connectivity index (χ2n) is 5.70. The molecule has 78 valence electrons. The van der Waals surface area contributed by atoms with Crippen LogP contribution >= 0.6 is 0 Å². The Bertz CT molecular complexity index is 163. The molecule has 1 fully saturated rings. The van der Waals surface area contributed by atoms with Crippen molar-refractivity contribution in [2.45, 2.75) is 58.9 Å². The van der Waals surface area contributed by atoms with E-state index in [1.54, 1.807) is 0 Å². The summed E-state index contributed by atoms with van der Waals surface area (Å²) in [7, 11) is 0. The van der Waals surface area contributed by atoms with E-state index in [9.17, 15) is 0 Å². The fourth-order valence-corrected chi connectivity index (χ4v) is 2.15. The lowest BCUT2D eigenvalue weighted by atomic mass is 9.97. The first-order valence-corrected chi connectivity index (χ1v) is 5.73. The van der Waals surface area contributed by atoms with E-state index in [2.05, 4.69) is 27.7 Å². The molecule has 1 heteroatoms. The Morgan fingerprint density at radius 1 is 1.23 bits per heavy atom. The first-order valence-electron chi connectivity index (χ1n) is 5.73. The summed E-state index contributed by atoms with van der Waals surface area (Å²) in [4.78, 5) is 0. The molecule has 2 unspecified atom stereocenters. The van der Waals surface area contributed by atoms with Gasteiger partial charge in [0, 0.05) is 5.54 Å². The highest BCUT2D eigenvalue weighted by Crippen LogP contribution is 2.48. The molecular formula is C12H25N.